The summed E-state index contributed by atoms with van der Waals surface area (Å²) in [6, 6.07) is 10.0. The highest BCUT2D eigenvalue weighted by atomic mass is 32.2. The summed E-state index contributed by atoms with van der Waals surface area (Å²) in [7, 11) is 0. The molecule has 0 radical (unpaired) electrons. The molecule has 0 bridgehead atoms. The van der Waals surface area contributed by atoms with Gasteiger partial charge in [-0.05, 0) is 30.0 Å². The van der Waals surface area contributed by atoms with Crippen LogP contribution in [-0.2, 0) is 6.54 Å². The topological polar surface area (TPSA) is 35.8 Å². The summed E-state index contributed by atoms with van der Waals surface area (Å²) in [6.07, 6.45) is 0. The quantitative estimate of drug-likeness (QED) is 0.820. The van der Waals surface area contributed by atoms with Crippen LogP contribution in [0.4, 0.5) is 18.9 Å². The lowest BCUT2D eigenvalue weighted by atomic mass is 10.3. The van der Waals surface area contributed by atoms with E-state index in [1.807, 2.05) is 6.07 Å². The molecule has 1 aromatic heterocycles. The SMILES string of the molecule is N#Cc1csc(CNc2ccccc2SC(F)(F)F)c1. The Morgan fingerprint density at radius 1 is 1.30 bits per heavy atom. The standard InChI is InChI=1S/C13H9F3N2S2/c14-13(15,16)20-12-4-2-1-3-11(12)18-7-10-5-9(6-17)8-19-10/h1-5,8,18H,7H2. The number of benzene rings is 1. The third-order valence-corrected chi connectivity index (χ3v) is 4.09. The summed E-state index contributed by atoms with van der Waals surface area (Å²) in [5, 5.41) is 13.4. The number of hydrogen-bond acceptors (Lipinski definition) is 4. The molecule has 2 aromatic rings. The van der Waals surface area contributed by atoms with Crippen molar-refractivity contribution in [2.75, 3.05) is 5.32 Å². The summed E-state index contributed by atoms with van der Waals surface area (Å²) >= 11 is 1.26. The Balaban J connectivity index is 2.07. The second-order valence-electron chi connectivity index (χ2n) is 3.81. The van der Waals surface area contributed by atoms with Gasteiger partial charge < -0.3 is 5.32 Å². The third kappa shape index (κ3) is 4.18. The molecule has 0 aliphatic heterocycles. The van der Waals surface area contributed by atoms with Gasteiger partial charge in [0, 0.05) is 27.4 Å². The first-order valence-corrected chi connectivity index (χ1v) is 7.24. The van der Waals surface area contributed by atoms with Crippen molar-refractivity contribution in [1.82, 2.24) is 0 Å². The second kappa shape index (κ2) is 6.20. The number of nitrogens with one attached hydrogen (secondary N) is 1. The number of para-hydroxylation sites is 1. The number of rotatable bonds is 4. The molecule has 0 amide bonds. The Bertz CT molecular complexity index is 629. The van der Waals surface area contributed by atoms with Crippen LogP contribution in [0, 0.1) is 11.3 Å². The Kier molecular flexibility index (Phi) is 4.57. The maximum absolute atomic E-state index is 12.4. The van der Waals surface area contributed by atoms with Crippen molar-refractivity contribution < 1.29 is 13.2 Å². The Morgan fingerprint density at radius 3 is 2.70 bits per heavy atom. The van der Waals surface area contributed by atoms with Gasteiger partial charge in [0.15, 0.2) is 0 Å². The molecule has 7 heteroatoms. The molecule has 0 spiro atoms. The highest BCUT2D eigenvalue weighted by molar-refractivity contribution is 8.00. The zero-order valence-electron chi connectivity index (χ0n) is 10.1. The van der Waals surface area contributed by atoms with Crippen LogP contribution in [0.5, 0.6) is 0 Å². The lowest BCUT2D eigenvalue weighted by Gasteiger charge is -2.12. The van der Waals surface area contributed by atoms with Crippen molar-refractivity contribution >= 4 is 28.8 Å². The first-order valence-electron chi connectivity index (χ1n) is 5.54. The average Bonchev–Trinajstić information content (AvgIpc) is 2.84. The van der Waals surface area contributed by atoms with Crippen molar-refractivity contribution in [3.8, 4) is 6.07 Å². The molecule has 0 saturated heterocycles. The van der Waals surface area contributed by atoms with Gasteiger partial charge in [0.25, 0.3) is 0 Å². The van der Waals surface area contributed by atoms with Gasteiger partial charge in [-0.1, -0.05) is 12.1 Å². The van der Waals surface area contributed by atoms with Gasteiger partial charge in [-0.15, -0.1) is 11.3 Å². The van der Waals surface area contributed by atoms with Gasteiger partial charge in [0.2, 0.25) is 0 Å². The highest BCUT2D eigenvalue weighted by Crippen LogP contribution is 2.40. The van der Waals surface area contributed by atoms with Crippen molar-refractivity contribution in [3.05, 3.63) is 46.2 Å². The Labute approximate surface area is 122 Å². The minimum absolute atomic E-state index is 0.136. The lowest BCUT2D eigenvalue weighted by molar-refractivity contribution is -0.0327. The van der Waals surface area contributed by atoms with E-state index in [0.717, 1.165) is 4.88 Å². The van der Waals surface area contributed by atoms with Gasteiger partial charge in [-0.3, -0.25) is 0 Å². The maximum atomic E-state index is 12.4. The zero-order valence-corrected chi connectivity index (χ0v) is 11.7. The van der Waals surface area contributed by atoms with Crippen LogP contribution in [0.25, 0.3) is 0 Å². The van der Waals surface area contributed by atoms with E-state index in [4.69, 9.17) is 5.26 Å². The van der Waals surface area contributed by atoms with Crippen LogP contribution in [0.1, 0.15) is 10.4 Å². The van der Waals surface area contributed by atoms with Crippen LogP contribution >= 0.6 is 23.1 Å². The second-order valence-corrected chi connectivity index (χ2v) is 5.91. The summed E-state index contributed by atoms with van der Waals surface area (Å²) in [4.78, 5) is 1.03. The molecular weight excluding hydrogens is 305 g/mol. The fraction of sp³-hybridized carbons (Fsp3) is 0.154. The number of anilines is 1. The number of thiophene rings is 1. The monoisotopic (exact) mass is 314 g/mol. The molecule has 0 atom stereocenters. The van der Waals surface area contributed by atoms with Crippen LogP contribution in [0.15, 0.2) is 40.6 Å². The molecule has 2 rings (SSSR count). The normalized spacial score (nSPS) is 11.1. The van der Waals surface area contributed by atoms with Crippen molar-refractivity contribution in [2.45, 2.75) is 16.9 Å². The van der Waals surface area contributed by atoms with E-state index in [1.165, 1.54) is 17.4 Å². The smallest absolute Gasteiger partial charge is 0.379 e. The van der Waals surface area contributed by atoms with E-state index in [9.17, 15) is 13.2 Å². The molecule has 0 saturated carbocycles. The fourth-order valence-corrected chi connectivity index (χ4v) is 2.94. The molecule has 104 valence electrons. The van der Waals surface area contributed by atoms with Gasteiger partial charge in [-0.25, -0.2) is 0 Å². The predicted octanol–water partition coefficient (Wildman–Crippen LogP) is 4.84. The minimum atomic E-state index is -4.31. The molecule has 1 heterocycles. The fourth-order valence-electron chi connectivity index (χ4n) is 1.54. The van der Waals surface area contributed by atoms with E-state index in [2.05, 4.69) is 5.32 Å². The summed E-state index contributed by atoms with van der Waals surface area (Å²) in [5.74, 6) is 0. The van der Waals surface area contributed by atoms with E-state index in [1.54, 1.807) is 29.6 Å². The van der Waals surface area contributed by atoms with E-state index in [-0.39, 0.29) is 16.7 Å². The van der Waals surface area contributed by atoms with Crippen molar-refractivity contribution in [2.24, 2.45) is 0 Å². The predicted molar refractivity (Wildman–Crippen MR) is 74.7 cm³/mol. The summed E-state index contributed by atoms with van der Waals surface area (Å²) in [5.41, 5.74) is -3.32. The number of alkyl halides is 3. The number of halogens is 3. The number of nitrogens with zero attached hydrogens (tertiary/aromatic N) is 1. The van der Waals surface area contributed by atoms with Gasteiger partial charge >= 0.3 is 5.51 Å². The largest absolute Gasteiger partial charge is 0.446 e. The van der Waals surface area contributed by atoms with Crippen LogP contribution < -0.4 is 5.32 Å². The lowest BCUT2D eigenvalue weighted by Crippen LogP contribution is -2.03. The van der Waals surface area contributed by atoms with Crippen molar-refractivity contribution in [1.29, 1.82) is 5.26 Å². The van der Waals surface area contributed by atoms with Crippen molar-refractivity contribution in [3.63, 3.8) is 0 Å². The summed E-state index contributed by atoms with van der Waals surface area (Å²) < 4.78 is 37.3. The molecule has 1 aromatic carbocycles. The van der Waals surface area contributed by atoms with E-state index in [0.29, 0.717) is 17.8 Å². The molecule has 0 aliphatic carbocycles. The maximum Gasteiger partial charge on any atom is 0.446 e. The first kappa shape index (κ1) is 14.8. The van der Waals surface area contributed by atoms with Crippen LogP contribution in [0.3, 0.4) is 0 Å². The molecular formula is C13H9F3N2S2. The van der Waals surface area contributed by atoms with Gasteiger partial charge in [0.05, 0.1) is 5.56 Å². The number of nitriles is 1. The Morgan fingerprint density at radius 2 is 2.05 bits per heavy atom. The molecule has 0 unspecified atom stereocenters. The molecule has 2 nitrogen and oxygen atoms in total. The molecule has 0 aliphatic rings. The molecule has 20 heavy (non-hydrogen) atoms. The number of thioether (sulfide) groups is 1. The Hall–Kier alpha value is -1.65. The first-order chi connectivity index (χ1) is 9.48. The third-order valence-electron chi connectivity index (χ3n) is 2.35. The van der Waals surface area contributed by atoms with Gasteiger partial charge in [-0.2, -0.15) is 18.4 Å². The minimum Gasteiger partial charge on any atom is -0.379 e. The number of hydrogen-bond donors (Lipinski definition) is 1. The van der Waals surface area contributed by atoms with Gasteiger partial charge in [0.1, 0.15) is 6.07 Å². The van der Waals surface area contributed by atoms with E-state index >= 15 is 0 Å². The van der Waals surface area contributed by atoms with E-state index < -0.39 is 5.51 Å². The van der Waals surface area contributed by atoms with Crippen LogP contribution in [-0.4, -0.2) is 5.51 Å². The van der Waals surface area contributed by atoms with Crippen LogP contribution in [0.2, 0.25) is 0 Å². The molecule has 0 fully saturated rings. The molecule has 1 N–H and O–H groups in total. The summed E-state index contributed by atoms with van der Waals surface area (Å²) in [6.45, 7) is 0.391. The average molecular weight is 314 g/mol. The zero-order chi connectivity index (χ0) is 14.6. The highest BCUT2D eigenvalue weighted by Gasteiger charge is 2.30.